The number of thiazole rings is 1. The molecule has 3 fully saturated rings. The number of nitrogens with zero attached hydrogens (tertiary/aromatic N) is 3. The minimum absolute atomic E-state index is 0.244. The van der Waals surface area contributed by atoms with E-state index in [0.717, 1.165) is 73.4 Å². The first-order valence-corrected chi connectivity index (χ1v) is 15.0. The number of rotatable bonds is 8. The van der Waals surface area contributed by atoms with Crippen molar-refractivity contribution in [1.82, 2.24) is 9.88 Å². The molecule has 1 N–H and O–H groups in total. The maximum Gasteiger partial charge on any atom is 0.306 e. The number of halogens is 1. The van der Waals surface area contributed by atoms with Crippen LogP contribution < -0.4 is 9.64 Å². The standard InChI is InChI=1S/C30H34ClN3O4S/c1-19-12-20(16-33-8-10-37-11-9-33)2-3-21(19)17-38-28-7-4-23(31)15-26(28)27-18-39-30(32-27)34-24-5-6-25(34)14-22(13-24)29(35)36/h2-4,7,12,15,18,22,24-25H,5-6,8-11,13-14,16-17H2,1H3,(H,35,36). The molecule has 9 heteroatoms. The summed E-state index contributed by atoms with van der Waals surface area (Å²) < 4.78 is 11.8. The van der Waals surface area contributed by atoms with E-state index in [-0.39, 0.29) is 18.0 Å². The second kappa shape index (κ2) is 11.5. The van der Waals surface area contributed by atoms with Crippen molar-refractivity contribution >= 4 is 34.0 Å². The van der Waals surface area contributed by atoms with Gasteiger partial charge in [0.25, 0.3) is 0 Å². The molecule has 4 heterocycles. The molecule has 3 saturated heterocycles. The molecule has 7 nitrogen and oxygen atoms in total. The minimum atomic E-state index is -0.672. The largest absolute Gasteiger partial charge is 0.488 e. The molecule has 0 amide bonds. The number of carbonyl (C=O) groups is 1. The van der Waals surface area contributed by atoms with Gasteiger partial charge in [0.1, 0.15) is 12.4 Å². The van der Waals surface area contributed by atoms with Crippen LogP contribution in [0.1, 0.15) is 42.4 Å². The number of fused-ring (bicyclic) bond motifs is 2. The molecule has 0 radical (unpaired) electrons. The third-order valence-electron chi connectivity index (χ3n) is 8.31. The number of hydrogen-bond acceptors (Lipinski definition) is 7. The summed E-state index contributed by atoms with van der Waals surface area (Å²) in [6, 6.07) is 12.8. The van der Waals surface area contributed by atoms with Crippen LogP contribution in [0, 0.1) is 12.8 Å². The molecule has 0 saturated carbocycles. The Hall–Kier alpha value is -2.65. The molecule has 1 aromatic heterocycles. The summed E-state index contributed by atoms with van der Waals surface area (Å²) in [5.41, 5.74) is 5.39. The first-order valence-electron chi connectivity index (χ1n) is 13.7. The summed E-state index contributed by atoms with van der Waals surface area (Å²) >= 11 is 8.02. The van der Waals surface area contributed by atoms with Gasteiger partial charge >= 0.3 is 5.97 Å². The van der Waals surface area contributed by atoms with Crippen LogP contribution in [-0.4, -0.2) is 59.3 Å². The molecule has 2 aromatic carbocycles. The van der Waals surface area contributed by atoms with Crippen molar-refractivity contribution in [2.75, 3.05) is 31.2 Å². The molecule has 0 aliphatic carbocycles. The first-order chi connectivity index (χ1) is 18.9. The Kier molecular flexibility index (Phi) is 7.80. The van der Waals surface area contributed by atoms with Gasteiger partial charge in [-0.1, -0.05) is 29.8 Å². The van der Waals surface area contributed by atoms with E-state index in [1.165, 1.54) is 11.1 Å². The van der Waals surface area contributed by atoms with Crippen LogP contribution in [0.4, 0.5) is 5.13 Å². The minimum Gasteiger partial charge on any atom is -0.488 e. The zero-order valence-electron chi connectivity index (χ0n) is 22.1. The zero-order valence-corrected chi connectivity index (χ0v) is 23.7. The fourth-order valence-electron chi connectivity index (χ4n) is 6.22. The lowest BCUT2D eigenvalue weighted by molar-refractivity contribution is -0.142. The van der Waals surface area contributed by atoms with E-state index in [9.17, 15) is 9.90 Å². The quantitative estimate of drug-likeness (QED) is 0.357. The SMILES string of the molecule is Cc1cc(CN2CCOCC2)ccc1COc1ccc(Cl)cc1-c1csc(N2C3CCC2CC(C(=O)O)C3)n1. The number of ether oxygens (including phenoxy) is 2. The highest BCUT2D eigenvalue weighted by atomic mass is 35.5. The molecule has 3 aromatic rings. The lowest BCUT2D eigenvalue weighted by Gasteiger charge is -2.37. The third kappa shape index (κ3) is 5.80. The molecule has 2 bridgehead atoms. The van der Waals surface area contributed by atoms with Gasteiger partial charge in [-0.05, 0) is 67.5 Å². The topological polar surface area (TPSA) is 75.1 Å². The van der Waals surface area contributed by atoms with E-state index in [2.05, 4.69) is 40.3 Å². The number of carboxylic acid groups (broad SMARTS) is 1. The van der Waals surface area contributed by atoms with Gasteiger partial charge in [-0.3, -0.25) is 9.69 Å². The summed E-state index contributed by atoms with van der Waals surface area (Å²) in [4.78, 5) is 21.4. The van der Waals surface area contributed by atoms with Crippen LogP contribution >= 0.6 is 22.9 Å². The fourth-order valence-corrected chi connectivity index (χ4v) is 7.36. The summed E-state index contributed by atoms with van der Waals surface area (Å²) in [7, 11) is 0. The Morgan fingerprint density at radius 3 is 2.64 bits per heavy atom. The van der Waals surface area contributed by atoms with Crippen molar-refractivity contribution in [3.63, 3.8) is 0 Å². The smallest absolute Gasteiger partial charge is 0.306 e. The zero-order chi connectivity index (χ0) is 26.9. The van der Waals surface area contributed by atoms with Gasteiger partial charge in [0.15, 0.2) is 5.13 Å². The molecule has 3 aliphatic rings. The molecule has 3 aliphatic heterocycles. The van der Waals surface area contributed by atoms with Crippen LogP contribution in [0.15, 0.2) is 41.8 Å². The predicted molar refractivity (Wildman–Crippen MR) is 154 cm³/mol. The number of carboxylic acids is 1. The van der Waals surface area contributed by atoms with Gasteiger partial charge in [0.2, 0.25) is 0 Å². The highest BCUT2D eigenvalue weighted by Crippen LogP contribution is 2.44. The molecule has 39 heavy (non-hydrogen) atoms. The molecular weight excluding hydrogens is 534 g/mol. The Bertz CT molecular complexity index is 1330. The van der Waals surface area contributed by atoms with Gasteiger partial charge in [0.05, 0.1) is 24.8 Å². The van der Waals surface area contributed by atoms with Crippen molar-refractivity contribution in [2.45, 2.75) is 57.8 Å². The third-order valence-corrected chi connectivity index (χ3v) is 9.40. The van der Waals surface area contributed by atoms with E-state index >= 15 is 0 Å². The van der Waals surface area contributed by atoms with Gasteiger partial charge in [0, 0.05) is 47.7 Å². The second-order valence-electron chi connectivity index (χ2n) is 10.9. The number of aromatic nitrogens is 1. The van der Waals surface area contributed by atoms with Crippen LogP contribution in [0.5, 0.6) is 5.75 Å². The van der Waals surface area contributed by atoms with Gasteiger partial charge in [-0.25, -0.2) is 4.98 Å². The average molecular weight is 568 g/mol. The lowest BCUT2D eigenvalue weighted by Crippen LogP contribution is -2.44. The van der Waals surface area contributed by atoms with Crippen LogP contribution in [0.2, 0.25) is 5.02 Å². The molecule has 206 valence electrons. The molecule has 2 atom stereocenters. The number of benzene rings is 2. The van der Waals surface area contributed by atoms with Gasteiger partial charge in [-0.2, -0.15) is 0 Å². The van der Waals surface area contributed by atoms with Crippen LogP contribution in [0.3, 0.4) is 0 Å². The number of aryl methyl sites for hydroxylation is 1. The Morgan fingerprint density at radius 1 is 1.15 bits per heavy atom. The van der Waals surface area contributed by atoms with Crippen molar-refractivity contribution in [3.05, 3.63) is 63.5 Å². The predicted octanol–water partition coefficient (Wildman–Crippen LogP) is 6.02. The molecule has 6 rings (SSSR count). The average Bonchev–Trinajstić information content (AvgIpc) is 3.50. The van der Waals surface area contributed by atoms with Crippen molar-refractivity contribution < 1.29 is 19.4 Å². The van der Waals surface area contributed by atoms with Gasteiger partial charge in [-0.15, -0.1) is 11.3 Å². The highest BCUT2D eigenvalue weighted by Gasteiger charge is 2.44. The number of hydrogen-bond donors (Lipinski definition) is 1. The fraction of sp³-hybridized carbons (Fsp3) is 0.467. The Balaban J connectivity index is 1.16. The number of aliphatic carboxylic acids is 1. The van der Waals surface area contributed by atoms with Gasteiger partial charge < -0.3 is 19.5 Å². The molecule has 2 unspecified atom stereocenters. The van der Waals surface area contributed by atoms with Crippen molar-refractivity contribution in [3.8, 4) is 17.0 Å². The van der Waals surface area contributed by atoms with Crippen LogP contribution in [0.25, 0.3) is 11.3 Å². The molecular formula is C30H34ClN3O4S. The maximum atomic E-state index is 11.6. The van der Waals surface area contributed by atoms with E-state index in [1.807, 2.05) is 18.2 Å². The van der Waals surface area contributed by atoms with Crippen LogP contribution in [-0.2, 0) is 22.7 Å². The highest BCUT2D eigenvalue weighted by molar-refractivity contribution is 7.14. The summed E-state index contributed by atoms with van der Waals surface area (Å²) in [5.74, 6) is -0.169. The lowest BCUT2D eigenvalue weighted by atomic mass is 9.91. The maximum absolute atomic E-state index is 11.6. The Morgan fingerprint density at radius 2 is 1.92 bits per heavy atom. The summed E-state index contributed by atoms with van der Waals surface area (Å²) in [6.07, 6.45) is 3.44. The monoisotopic (exact) mass is 567 g/mol. The first kappa shape index (κ1) is 26.6. The summed E-state index contributed by atoms with van der Waals surface area (Å²) in [5, 5.41) is 13.2. The van der Waals surface area contributed by atoms with E-state index in [0.29, 0.717) is 24.5 Å². The van der Waals surface area contributed by atoms with E-state index in [1.54, 1.807) is 11.3 Å². The normalized spacial score (nSPS) is 23.2. The second-order valence-corrected chi connectivity index (χ2v) is 12.2. The number of piperidine rings is 1. The Labute approximate surface area is 238 Å². The van der Waals surface area contributed by atoms with E-state index < -0.39 is 5.97 Å². The van der Waals surface area contributed by atoms with E-state index in [4.69, 9.17) is 26.1 Å². The number of anilines is 1. The van der Waals surface area contributed by atoms with Crippen molar-refractivity contribution in [2.24, 2.45) is 5.92 Å². The molecule has 0 spiro atoms. The summed E-state index contributed by atoms with van der Waals surface area (Å²) in [6.45, 7) is 7.10. The number of morpholine rings is 1. The van der Waals surface area contributed by atoms with Crippen molar-refractivity contribution in [1.29, 1.82) is 0 Å².